The number of hydrogen-bond donors (Lipinski definition) is 2. The quantitative estimate of drug-likeness (QED) is 0.816. The van der Waals surface area contributed by atoms with Crippen LogP contribution in [-0.4, -0.2) is 17.5 Å². The van der Waals surface area contributed by atoms with Crippen LogP contribution in [0.5, 0.6) is 5.75 Å². The molecule has 0 atom stereocenters. The maximum absolute atomic E-state index is 13.4. The summed E-state index contributed by atoms with van der Waals surface area (Å²) in [6.07, 6.45) is 1.51. The highest BCUT2D eigenvalue weighted by Crippen LogP contribution is 2.28. The number of amides is 1. The van der Waals surface area contributed by atoms with E-state index in [0.29, 0.717) is 10.6 Å². The molecule has 1 amide bonds. The van der Waals surface area contributed by atoms with Gasteiger partial charge in [-0.25, -0.2) is 9.37 Å². The number of primary amides is 1. The largest absolute Gasteiger partial charge is 0.489 e. The van der Waals surface area contributed by atoms with Gasteiger partial charge in [0.05, 0.1) is 17.2 Å². The number of aromatic nitrogens is 1. The second-order valence-electron chi connectivity index (χ2n) is 4.39. The highest BCUT2D eigenvalue weighted by atomic mass is 35.5. The zero-order valence-electron chi connectivity index (χ0n) is 11.3. The summed E-state index contributed by atoms with van der Waals surface area (Å²) in [6, 6.07) is 3.99. The molecule has 2 aromatic rings. The average Bonchev–Trinajstić information content (AvgIpc) is 2.48. The van der Waals surface area contributed by atoms with E-state index in [2.05, 4.69) is 4.98 Å². The first kappa shape index (κ1) is 16.3. The summed E-state index contributed by atoms with van der Waals surface area (Å²) < 4.78 is 18.8. The molecule has 4 N–H and O–H groups in total. The number of carbonyl (C=O) groups excluding carboxylic acids is 1. The van der Waals surface area contributed by atoms with Crippen molar-refractivity contribution in [1.82, 2.24) is 4.98 Å². The molecule has 116 valence electrons. The third kappa shape index (κ3) is 3.58. The molecule has 0 spiro atoms. The lowest BCUT2D eigenvalue weighted by Crippen LogP contribution is -2.13. The van der Waals surface area contributed by atoms with Gasteiger partial charge in [0.15, 0.2) is 11.6 Å². The Kier molecular flexibility index (Phi) is 5.05. The van der Waals surface area contributed by atoms with Crippen molar-refractivity contribution < 1.29 is 13.9 Å². The van der Waals surface area contributed by atoms with Crippen molar-refractivity contribution in [3.8, 4) is 5.75 Å². The smallest absolute Gasteiger partial charge is 0.250 e. The molecular formula is C14H12Cl2FN3O2. The Bertz CT molecular complexity index is 725. The number of nitrogens with zero attached hydrogens (tertiary/aromatic N) is 1. The van der Waals surface area contributed by atoms with Crippen molar-refractivity contribution in [2.24, 2.45) is 5.73 Å². The minimum atomic E-state index is -0.645. The van der Waals surface area contributed by atoms with Crippen LogP contribution < -0.4 is 16.2 Å². The summed E-state index contributed by atoms with van der Waals surface area (Å²) >= 11 is 11.8. The van der Waals surface area contributed by atoms with Gasteiger partial charge >= 0.3 is 0 Å². The Morgan fingerprint density at radius 1 is 1.36 bits per heavy atom. The lowest BCUT2D eigenvalue weighted by atomic mass is 10.1. The van der Waals surface area contributed by atoms with Crippen LogP contribution in [0.3, 0.4) is 0 Å². The fourth-order valence-corrected chi connectivity index (χ4v) is 2.33. The molecule has 8 heteroatoms. The number of carbonyl (C=O) groups is 1. The van der Waals surface area contributed by atoms with Gasteiger partial charge in [-0.1, -0.05) is 23.2 Å². The molecule has 1 aromatic carbocycles. The number of ether oxygens (including phenoxy) is 1. The van der Waals surface area contributed by atoms with E-state index in [1.165, 1.54) is 24.4 Å². The first-order chi connectivity index (χ1) is 10.4. The molecule has 0 bridgehead atoms. The number of pyridine rings is 1. The van der Waals surface area contributed by atoms with Crippen LogP contribution in [0.25, 0.3) is 0 Å². The maximum atomic E-state index is 13.4. The van der Waals surface area contributed by atoms with Crippen molar-refractivity contribution >= 4 is 34.9 Å². The number of nitrogen functional groups attached to an aromatic ring is 1. The molecule has 1 aromatic heterocycles. The van der Waals surface area contributed by atoms with Crippen molar-refractivity contribution in [2.45, 2.75) is 6.42 Å². The van der Waals surface area contributed by atoms with E-state index in [9.17, 15) is 9.18 Å². The molecule has 0 saturated heterocycles. The molecule has 0 aliphatic heterocycles. The van der Waals surface area contributed by atoms with Crippen LogP contribution >= 0.6 is 23.2 Å². The standard InChI is InChI=1S/C14H12Cl2FN3O2/c15-9-1-2-10(17)12(16)8(9)3-4-22-11-5-7(14(19)21)6-20-13(11)18/h1-2,5-6H,3-4H2,(H2,18,20)(H2,19,21). The van der Waals surface area contributed by atoms with E-state index >= 15 is 0 Å². The minimum absolute atomic E-state index is 0.0481. The van der Waals surface area contributed by atoms with Gasteiger partial charge in [0.25, 0.3) is 0 Å². The Labute approximate surface area is 136 Å². The molecule has 0 aliphatic rings. The molecule has 2 rings (SSSR count). The predicted octanol–water partition coefficient (Wildman–Crippen LogP) is 2.83. The van der Waals surface area contributed by atoms with Crippen LogP contribution in [0.1, 0.15) is 15.9 Å². The summed E-state index contributed by atoms with van der Waals surface area (Å²) in [7, 11) is 0. The first-order valence-electron chi connectivity index (χ1n) is 6.20. The van der Waals surface area contributed by atoms with Crippen LogP contribution in [0.4, 0.5) is 10.2 Å². The SMILES string of the molecule is NC(=O)c1cnc(N)c(OCCc2c(Cl)ccc(F)c2Cl)c1. The molecule has 0 fully saturated rings. The lowest BCUT2D eigenvalue weighted by molar-refractivity contribution is 0.0999. The topological polar surface area (TPSA) is 91.2 Å². The predicted molar refractivity (Wildman–Crippen MR) is 82.8 cm³/mol. The van der Waals surface area contributed by atoms with Gasteiger partial charge in [0.1, 0.15) is 5.82 Å². The number of nitrogens with two attached hydrogens (primary N) is 2. The number of anilines is 1. The first-order valence-corrected chi connectivity index (χ1v) is 6.96. The Morgan fingerprint density at radius 3 is 2.77 bits per heavy atom. The molecule has 5 nitrogen and oxygen atoms in total. The van der Waals surface area contributed by atoms with Gasteiger partial charge in [0, 0.05) is 17.6 Å². The van der Waals surface area contributed by atoms with E-state index in [1.807, 2.05) is 0 Å². The summed E-state index contributed by atoms with van der Waals surface area (Å²) in [6.45, 7) is 0.122. The van der Waals surface area contributed by atoms with E-state index in [1.54, 1.807) is 0 Å². The fourth-order valence-electron chi connectivity index (χ4n) is 1.77. The molecule has 0 saturated carbocycles. The Balaban J connectivity index is 2.10. The van der Waals surface area contributed by atoms with Gasteiger partial charge in [-0.2, -0.15) is 0 Å². The number of rotatable bonds is 5. The van der Waals surface area contributed by atoms with Crippen LogP contribution in [0.15, 0.2) is 24.4 Å². The Hall–Kier alpha value is -2.05. The third-order valence-corrected chi connectivity index (χ3v) is 3.68. The van der Waals surface area contributed by atoms with Gasteiger partial charge < -0.3 is 16.2 Å². The molecule has 0 unspecified atom stereocenters. The average molecular weight is 344 g/mol. The van der Waals surface area contributed by atoms with Crippen molar-refractivity contribution in [2.75, 3.05) is 12.3 Å². The van der Waals surface area contributed by atoms with Gasteiger partial charge in [-0.15, -0.1) is 0 Å². The van der Waals surface area contributed by atoms with Crippen molar-refractivity contribution in [1.29, 1.82) is 0 Å². The summed E-state index contributed by atoms with van der Waals surface area (Å²) in [5, 5.41) is 0.292. The van der Waals surface area contributed by atoms with E-state index in [-0.39, 0.29) is 35.2 Å². The van der Waals surface area contributed by atoms with E-state index < -0.39 is 11.7 Å². The normalized spacial score (nSPS) is 10.5. The van der Waals surface area contributed by atoms with E-state index in [4.69, 9.17) is 39.4 Å². The van der Waals surface area contributed by atoms with Crippen LogP contribution in [0, 0.1) is 5.82 Å². The second-order valence-corrected chi connectivity index (χ2v) is 5.18. The molecule has 0 aliphatic carbocycles. The molecule has 1 heterocycles. The monoisotopic (exact) mass is 343 g/mol. The van der Waals surface area contributed by atoms with Crippen LogP contribution in [-0.2, 0) is 6.42 Å². The maximum Gasteiger partial charge on any atom is 0.250 e. The highest BCUT2D eigenvalue weighted by molar-refractivity contribution is 6.36. The van der Waals surface area contributed by atoms with E-state index in [0.717, 1.165) is 0 Å². The molecule has 22 heavy (non-hydrogen) atoms. The lowest BCUT2D eigenvalue weighted by Gasteiger charge is -2.11. The number of halogens is 3. The summed E-state index contributed by atoms with van der Waals surface area (Å²) in [5.41, 5.74) is 11.4. The number of hydrogen-bond acceptors (Lipinski definition) is 4. The van der Waals surface area contributed by atoms with Crippen LogP contribution in [0.2, 0.25) is 10.0 Å². The van der Waals surface area contributed by atoms with Crippen molar-refractivity contribution in [3.05, 3.63) is 51.4 Å². The Morgan fingerprint density at radius 2 is 2.09 bits per heavy atom. The van der Waals surface area contributed by atoms with Gasteiger partial charge in [0.2, 0.25) is 5.91 Å². The highest BCUT2D eigenvalue weighted by Gasteiger charge is 2.12. The van der Waals surface area contributed by atoms with Gasteiger partial charge in [-0.05, 0) is 23.8 Å². The van der Waals surface area contributed by atoms with Crippen molar-refractivity contribution in [3.63, 3.8) is 0 Å². The zero-order valence-corrected chi connectivity index (χ0v) is 12.8. The fraction of sp³-hybridized carbons (Fsp3) is 0.143. The van der Waals surface area contributed by atoms with Gasteiger partial charge in [-0.3, -0.25) is 4.79 Å². The second kappa shape index (κ2) is 6.81. The zero-order chi connectivity index (χ0) is 16.3. The minimum Gasteiger partial charge on any atom is -0.489 e. The number of benzene rings is 1. The summed E-state index contributed by atoms with van der Waals surface area (Å²) in [5.74, 6) is -0.882. The molecular weight excluding hydrogens is 332 g/mol. The third-order valence-electron chi connectivity index (χ3n) is 2.91. The summed E-state index contributed by atoms with van der Waals surface area (Å²) in [4.78, 5) is 14.9. The molecule has 0 radical (unpaired) electrons.